The molecule has 0 aliphatic carbocycles. The van der Waals surface area contributed by atoms with Crippen molar-refractivity contribution in [3.63, 3.8) is 0 Å². The van der Waals surface area contributed by atoms with Gasteiger partial charge in [0.1, 0.15) is 0 Å². The van der Waals surface area contributed by atoms with E-state index < -0.39 is 0 Å². The van der Waals surface area contributed by atoms with E-state index in [1.165, 1.54) is 5.56 Å². The van der Waals surface area contributed by atoms with Crippen molar-refractivity contribution in [1.82, 2.24) is 0 Å². The lowest BCUT2D eigenvalue weighted by atomic mass is 10.0. The number of methoxy groups -OCH3 is 2. The van der Waals surface area contributed by atoms with Crippen molar-refractivity contribution in [1.29, 1.82) is 0 Å². The van der Waals surface area contributed by atoms with Crippen molar-refractivity contribution in [2.75, 3.05) is 31.4 Å². The molecule has 1 amide bonds. The first-order valence-corrected chi connectivity index (χ1v) is 7.89. The summed E-state index contributed by atoms with van der Waals surface area (Å²) in [6.07, 6.45) is 0. The average Bonchev–Trinajstić information content (AvgIpc) is 2.60. The van der Waals surface area contributed by atoms with E-state index in [1.54, 1.807) is 32.4 Å². The van der Waals surface area contributed by atoms with E-state index in [4.69, 9.17) is 9.47 Å². The second-order valence-corrected chi connectivity index (χ2v) is 5.75. The largest absolute Gasteiger partial charge is 0.493 e. The van der Waals surface area contributed by atoms with Gasteiger partial charge in [0.05, 0.1) is 20.8 Å². The minimum Gasteiger partial charge on any atom is -0.493 e. The summed E-state index contributed by atoms with van der Waals surface area (Å²) in [6.45, 7) is 4.49. The van der Waals surface area contributed by atoms with Gasteiger partial charge in [0.2, 0.25) is 5.91 Å². The van der Waals surface area contributed by atoms with E-state index in [1.807, 2.05) is 12.1 Å². The van der Waals surface area contributed by atoms with Crippen molar-refractivity contribution >= 4 is 17.3 Å². The zero-order valence-electron chi connectivity index (χ0n) is 14.6. The quantitative estimate of drug-likeness (QED) is 0.810. The summed E-state index contributed by atoms with van der Waals surface area (Å²) in [5.41, 5.74) is 2.85. The van der Waals surface area contributed by atoms with Crippen LogP contribution in [0.3, 0.4) is 0 Å². The maximum Gasteiger partial charge on any atom is 0.243 e. The van der Waals surface area contributed by atoms with Crippen molar-refractivity contribution in [3.05, 3.63) is 48.0 Å². The Morgan fingerprint density at radius 2 is 1.58 bits per heavy atom. The summed E-state index contributed by atoms with van der Waals surface area (Å²) in [4.78, 5) is 12.1. The van der Waals surface area contributed by atoms with Gasteiger partial charge in [-0.05, 0) is 35.7 Å². The summed E-state index contributed by atoms with van der Waals surface area (Å²) < 4.78 is 10.4. The van der Waals surface area contributed by atoms with Crippen LogP contribution in [0, 0.1) is 0 Å². The van der Waals surface area contributed by atoms with Crippen LogP contribution in [0.5, 0.6) is 11.5 Å². The van der Waals surface area contributed by atoms with Gasteiger partial charge >= 0.3 is 0 Å². The van der Waals surface area contributed by atoms with Crippen molar-refractivity contribution < 1.29 is 14.3 Å². The second-order valence-electron chi connectivity index (χ2n) is 5.75. The first-order chi connectivity index (χ1) is 11.5. The number of nitrogens with one attached hydrogen (secondary N) is 2. The topological polar surface area (TPSA) is 59.6 Å². The first kappa shape index (κ1) is 17.7. The van der Waals surface area contributed by atoms with Gasteiger partial charge in [0.25, 0.3) is 0 Å². The van der Waals surface area contributed by atoms with Gasteiger partial charge in [0.15, 0.2) is 11.5 Å². The molecule has 24 heavy (non-hydrogen) atoms. The second kappa shape index (κ2) is 8.24. The Bertz CT molecular complexity index is 682. The standard InChI is InChI=1S/C19H24N2O3/c1-13(2)14-5-7-15(8-6-14)20-12-19(22)21-16-9-10-17(23-3)18(11-16)24-4/h5-11,13,20H,12H2,1-4H3,(H,21,22). The Kier molecular flexibility index (Phi) is 6.07. The highest BCUT2D eigenvalue weighted by atomic mass is 16.5. The van der Waals surface area contributed by atoms with Crippen LogP contribution in [0.1, 0.15) is 25.3 Å². The van der Waals surface area contributed by atoms with Crippen molar-refractivity contribution in [2.24, 2.45) is 0 Å². The van der Waals surface area contributed by atoms with Crippen LogP contribution in [0.25, 0.3) is 0 Å². The third-order valence-electron chi connectivity index (χ3n) is 3.70. The van der Waals surface area contributed by atoms with Gasteiger partial charge in [-0.1, -0.05) is 26.0 Å². The van der Waals surface area contributed by atoms with Gasteiger partial charge in [0, 0.05) is 17.4 Å². The van der Waals surface area contributed by atoms with Gasteiger partial charge in [-0.15, -0.1) is 0 Å². The highest BCUT2D eigenvalue weighted by Crippen LogP contribution is 2.29. The smallest absolute Gasteiger partial charge is 0.243 e. The summed E-state index contributed by atoms with van der Waals surface area (Å²) in [5, 5.41) is 5.94. The minimum atomic E-state index is -0.129. The number of benzene rings is 2. The molecule has 0 saturated heterocycles. The molecule has 0 bridgehead atoms. The van der Waals surface area contributed by atoms with Gasteiger partial charge in [-0.25, -0.2) is 0 Å². The number of anilines is 2. The molecule has 0 aromatic heterocycles. The fourth-order valence-electron chi connectivity index (χ4n) is 2.29. The van der Waals surface area contributed by atoms with Crippen LogP contribution in [-0.4, -0.2) is 26.7 Å². The molecular formula is C19H24N2O3. The molecule has 0 aliphatic rings. The van der Waals surface area contributed by atoms with E-state index in [2.05, 4.69) is 36.6 Å². The lowest BCUT2D eigenvalue weighted by molar-refractivity contribution is -0.114. The molecule has 128 valence electrons. The molecule has 0 spiro atoms. The number of hydrogen-bond acceptors (Lipinski definition) is 4. The Labute approximate surface area is 143 Å². The fourth-order valence-corrected chi connectivity index (χ4v) is 2.29. The van der Waals surface area contributed by atoms with Gasteiger partial charge in [-0.3, -0.25) is 4.79 Å². The van der Waals surface area contributed by atoms with Crippen LogP contribution < -0.4 is 20.1 Å². The first-order valence-electron chi connectivity index (χ1n) is 7.89. The highest BCUT2D eigenvalue weighted by molar-refractivity contribution is 5.94. The molecule has 0 unspecified atom stereocenters. The molecular weight excluding hydrogens is 304 g/mol. The van der Waals surface area contributed by atoms with Crippen LogP contribution in [0.2, 0.25) is 0 Å². The fraction of sp³-hybridized carbons (Fsp3) is 0.316. The number of amides is 1. The Morgan fingerprint density at radius 1 is 0.958 bits per heavy atom. The molecule has 5 nitrogen and oxygen atoms in total. The normalized spacial score (nSPS) is 10.4. The SMILES string of the molecule is COc1ccc(NC(=O)CNc2ccc(C(C)C)cc2)cc1OC. The molecule has 2 N–H and O–H groups in total. The Hall–Kier alpha value is -2.69. The molecule has 2 aromatic rings. The average molecular weight is 328 g/mol. The number of rotatable bonds is 7. The molecule has 0 atom stereocenters. The van der Waals surface area contributed by atoms with E-state index in [-0.39, 0.29) is 12.5 Å². The molecule has 2 rings (SSSR count). The molecule has 0 fully saturated rings. The molecule has 0 aliphatic heterocycles. The molecule has 5 heteroatoms. The van der Waals surface area contributed by atoms with E-state index in [0.29, 0.717) is 23.1 Å². The summed E-state index contributed by atoms with van der Waals surface area (Å²) >= 11 is 0. The third-order valence-corrected chi connectivity index (χ3v) is 3.70. The monoisotopic (exact) mass is 328 g/mol. The zero-order chi connectivity index (χ0) is 17.5. The van der Waals surface area contributed by atoms with Gasteiger partial charge in [-0.2, -0.15) is 0 Å². The number of hydrogen-bond donors (Lipinski definition) is 2. The van der Waals surface area contributed by atoms with E-state index >= 15 is 0 Å². The van der Waals surface area contributed by atoms with E-state index in [0.717, 1.165) is 5.69 Å². The number of carbonyl (C=O) groups is 1. The maximum atomic E-state index is 12.1. The molecule has 0 saturated carbocycles. The maximum absolute atomic E-state index is 12.1. The van der Waals surface area contributed by atoms with Crippen LogP contribution in [-0.2, 0) is 4.79 Å². The van der Waals surface area contributed by atoms with Crippen LogP contribution in [0.4, 0.5) is 11.4 Å². The highest BCUT2D eigenvalue weighted by Gasteiger charge is 2.07. The van der Waals surface area contributed by atoms with Gasteiger partial charge < -0.3 is 20.1 Å². The predicted octanol–water partition coefficient (Wildman–Crippen LogP) is 3.88. The minimum absolute atomic E-state index is 0.129. The lowest BCUT2D eigenvalue weighted by Crippen LogP contribution is -2.21. The summed E-state index contributed by atoms with van der Waals surface area (Å²) in [5.74, 6) is 1.56. The van der Waals surface area contributed by atoms with Crippen molar-refractivity contribution in [3.8, 4) is 11.5 Å². The zero-order valence-corrected chi connectivity index (χ0v) is 14.6. The lowest BCUT2D eigenvalue weighted by Gasteiger charge is -2.12. The Morgan fingerprint density at radius 3 is 2.17 bits per heavy atom. The van der Waals surface area contributed by atoms with Crippen molar-refractivity contribution in [2.45, 2.75) is 19.8 Å². The van der Waals surface area contributed by atoms with Crippen LogP contribution >= 0.6 is 0 Å². The molecule has 0 radical (unpaired) electrons. The molecule has 2 aromatic carbocycles. The summed E-state index contributed by atoms with van der Waals surface area (Å²) in [6, 6.07) is 13.4. The molecule has 0 heterocycles. The van der Waals surface area contributed by atoms with E-state index in [9.17, 15) is 4.79 Å². The number of ether oxygens (including phenoxy) is 2. The predicted molar refractivity (Wildman–Crippen MR) is 97.2 cm³/mol. The number of carbonyl (C=O) groups excluding carboxylic acids is 1. The van der Waals surface area contributed by atoms with Crippen LogP contribution in [0.15, 0.2) is 42.5 Å². The Balaban J connectivity index is 1.91. The summed E-state index contributed by atoms with van der Waals surface area (Å²) in [7, 11) is 3.14. The third kappa shape index (κ3) is 4.65.